The van der Waals surface area contributed by atoms with Gasteiger partial charge in [-0.3, -0.25) is 0 Å². The molecule has 0 bridgehead atoms. The molecule has 0 saturated carbocycles. The summed E-state index contributed by atoms with van der Waals surface area (Å²) < 4.78 is 5.24. The average molecular weight is 251 g/mol. The van der Waals surface area contributed by atoms with E-state index in [1.807, 2.05) is 0 Å². The van der Waals surface area contributed by atoms with E-state index in [2.05, 4.69) is 0 Å². The van der Waals surface area contributed by atoms with E-state index >= 15 is 0 Å². The van der Waals surface area contributed by atoms with Crippen LogP contribution >= 0.6 is 0 Å². The molecule has 1 rings (SSSR count). The minimum atomic E-state index is -0.831. The highest BCUT2D eigenvalue weighted by molar-refractivity contribution is 5.78. The number of carbonyl (C=O) groups excluding carboxylic acids is 1. The van der Waals surface area contributed by atoms with Gasteiger partial charge in [0, 0.05) is 0 Å². The van der Waals surface area contributed by atoms with Crippen LogP contribution in [-0.4, -0.2) is 16.7 Å². The number of benzene rings is 1. The second-order valence-electron chi connectivity index (χ2n) is 5.51. The molecule has 0 fully saturated rings. The van der Waals surface area contributed by atoms with Crippen LogP contribution in [0.5, 0.6) is 5.75 Å². The molecule has 0 saturated heterocycles. The molecule has 0 spiro atoms. The molecular formula is C14H21NO3. The summed E-state index contributed by atoms with van der Waals surface area (Å²) in [5.41, 5.74) is 7.36. The number of rotatable bonds is 2. The molecule has 0 aliphatic heterocycles. The standard InChI is InChI=1S/C14H21NO3/c1-8-6-10(7-9(2)12(8)16)11(15)13(17)18-14(3,4)5/h6-7,11,16H,15H2,1-5H3. The molecule has 4 heteroatoms. The Balaban J connectivity index is 2.97. The van der Waals surface area contributed by atoms with Gasteiger partial charge in [-0.1, -0.05) is 12.1 Å². The zero-order valence-corrected chi connectivity index (χ0v) is 11.6. The topological polar surface area (TPSA) is 72.6 Å². The van der Waals surface area contributed by atoms with Gasteiger partial charge in [0.1, 0.15) is 17.4 Å². The van der Waals surface area contributed by atoms with Crippen molar-refractivity contribution in [2.75, 3.05) is 0 Å². The number of aromatic hydroxyl groups is 1. The summed E-state index contributed by atoms with van der Waals surface area (Å²) in [6.45, 7) is 8.93. The maximum absolute atomic E-state index is 11.9. The van der Waals surface area contributed by atoms with E-state index in [9.17, 15) is 9.90 Å². The van der Waals surface area contributed by atoms with E-state index in [1.165, 1.54) is 0 Å². The van der Waals surface area contributed by atoms with Crippen molar-refractivity contribution in [3.63, 3.8) is 0 Å². The van der Waals surface area contributed by atoms with Crippen LogP contribution in [-0.2, 0) is 9.53 Å². The molecule has 4 nitrogen and oxygen atoms in total. The lowest BCUT2D eigenvalue weighted by Crippen LogP contribution is -2.31. The highest BCUT2D eigenvalue weighted by atomic mass is 16.6. The van der Waals surface area contributed by atoms with Crippen LogP contribution in [0.2, 0.25) is 0 Å². The van der Waals surface area contributed by atoms with Gasteiger partial charge in [-0.15, -0.1) is 0 Å². The number of phenolic OH excluding ortho intramolecular Hbond substituents is 1. The van der Waals surface area contributed by atoms with Gasteiger partial charge in [0.15, 0.2) is 0 Å². The van der Waals surface area contributed by atoms with E-state index in [0.717, 1.165) is 0 Å². The third-order valence-electron chi connectivity index (χ3n) is 2.53. The zero-order chi connectivity index (χ0) is 14.1. The zero-order valence-electron chi connectivity index (χ0n) is 11.6. The first-order valence-corrected chi connectivity index (χ1v) is 5.90. The summed E-state index contributed by atoms with van der Waals surface area (Å²) in [5, 5.41) is 9.68. The Morgan fingerprint density at radius 1 is 1.28 bits per heavy atom. The molecule has 1 atom stereocenters. The summed E-state index contributed by atoms with van der Waals surface area (Å²) >= 11 is 0. The number of carbonyl (C=O) groups is 1. The predicted molar refractivity (Wildman–Crippen MR) is 70.4 cm³/mol. The lowest BCUT2D eigenvalue weighted by Gasteiger charge is -2.22. The number of hydrogen-bond donors (Lipinski definition) is 2. The number of nitrogens with two attached hydrogens (primary N) is 1. The van der Waals surface area contributed by atoms with E-state index in [-0.39, 0.29) is 5.75 Å². The van der Waals surface area contributed by atoms with Crippen LogP contribution in [0.1, 0.15) is 43.5 Å². The van der Waals surface area contributed by atoms with Gasteiger partial charge in [-0.2, -0.15) is 0 Å². The average Bonchev–Trinajstić information content (AvgIpc) is 2.21. The first-order chi connectivity index (χ1) is 8.11. The van der Waals surface area contributed by atoms with E-state index in [4.69, 9.17) is 10.5 Å². The van der Waals surface area contributed by atoms with Gasteiger partial charge in [0.2, 0.25) is 0 Å². The summed E-state index contributed by atoms with van der Waals surface area (Å²) in [6.07, 6.45) is 0. The first kappa shape index (κ1) is 14.5. The van der Waals surface area contributed by atoms with E-state index in [1.54, 1.807) is 46.8 Å². The van der Waals surface area contributed by atoms with Gasteiger partial charge in [-0.25, -0.2) is 4.79 Å². The van der Waals surface area contributed by atoms with E-state index in [0.29, 0.717) is 16.7 Å². The van der Waals surface area contributed by atoms with Crippen molar-refractivity contribution >= 4 is 5.97 Å². The fraction of sp³-hybridized carbons (Fsp3) is 0.500. The molecule has 0 heterocycles. The minimum Gasteiger partial charge on any atom is -0.507 e. The third kappa shape index (κ3) is 3.47. The van der Waals surface area contributed by atoms with Gasteiger partial charge in [0.05, 0.1) is 0 Å². The molecular weight excluding hydrogens is 230 g/mol. The van der Waals surface area contributed by atoms with Crippen LogP contribution in [0.3, 0.4) is 0 Å². The molecule has 0 radical (unpaired) electrons. The smallest absolute Gasteiger partial charge is 0.328 e. The normalized spacial score (nSPS) is 13.2. The van der Waals surface area contributed by atoms with Gasteiger partial charge < -0.3 is 15.6 Å². The molecule has 1 aromatic carbocycles. The number of aryl methyl sites for hydroxylation is 2. The SMILES string of the molecule is Cc1cc(C(N)C(=O)OC(C)(C)C)cc(C)c1O. The Labute approximate surface area is 108 Å². The molecule has 0 amide bonds. The molecule has 0 aliphatic carbocycles. The lowest BCUT2D eigenvalue weighted by atomic mass is 10.0. The van der Waals surface area contributed by atoms with Crippen LogP contribution in [0, 0.1) is 13.8 Å². The summed E-state index contributed by atoms with van der Waals surface area (Å²) in [6, 6.07) is 2.58. The fourth-order valence-corrected chi connectivity index (χ4v) is 1.67. The van der Waals surface area contributed by atoms with Gasteiger partial charge in [0.25, 0.3) is 0 Å². The number of phenols is 1. The molecule has 18 heavy (non-hydrogen) atoms. The Bertz CT molecular complexity index is 438. The Morgan fingerprint density at radius 2 is 1.72 bits per heavy atom. The molecule has 0 aromatic heterocycles. The maximum Gasteiger partial charge on any atom is 0.328 e. The maximum atomic E-state index is 11.9. The molecule has 3 N–H and O–H groups in total. The van der Waals surface area contributed by atoms with Crippen LogP contribution in [0.4, 0.5) is 0 Å². The molecule has 0 aliphatic rings. The van der Waals surface area contributed by atoms with Crippen molar-refractivity contribution in [3.8, 4) is 5.75 Å². The monoisotopic (exact) mass is 251 g/mol. The largest absolute Gasteiger partial charge is 0.507 e. The quantitative estimate of drug-likeness (QED) is 0.791. The Kier molecular flexibility index (Phi) is 4.02. The highest BCUT2D eigenvalue weighted by Crippen LogP contribution is 2.26. The van der Waals surface area contributed by atoms with Gasteiger partial charge in [-0.05, 0) is 51.3 Å². The summed E-state index contributed by atoms with van der Waals surface area (Å²) in [5.74, 6) is -0.234. The van der Waals surface area contributed by atoms with Crippen LogP contribution in [0.15, 0.2) is 12.1 Å². The summed E-state index contributed by atoms with van der Waals surface area (Å²) in [7, 11) is 0. The molecule has 1 unspecified atom stereocenters. The minimum absolute atomic E-state index is 0.232. The van der Waals surface area contributed by atoms with Crippen LogP contribution in [0.25, 0.3) is 0 Å². The molecule has 1 aromatic rings. The number of hydrogen-bond acceptors (Lipinski definition) is 4. The highest BCUT2D eigenvalue weighted by Gasteiger charge is 2.24. The van der Waals surface area contributed by atoms with Crippen molar-refractivity contribution in [2.45, 2.75) is 46.3 Å². The lowest BCUT2D eigenvalue weighted by molar-refractivity contribution is -0.156. The first-order valence-electron chi connectivity index (χ1n) is 5.90. The van der Waals surface area contributed by atoms with Crippen molar-refractivity contribution < 1.29 is 14.6 Å². The Morgan fingerprint density at radius 3 is 2.11 bits per heavy atom. The fourth-order valence-electron chi connectivity index (χ4n) is 1.67. The second kappa shape index (κ2) is 4.98. The van der Waals surface area contributed by atoms with Crippen molar-refractivity contribution in [3.05, 3.63) is 28.8 Å². The van der Waals surface area contributed by atoms with E-state index < -0.39 is 17.6 Å². The Hall–Kier alpha value is -1.55. The van der Waals surface area contributed by atoms with Crippen molar-refractivity contribution in [1.29, 1.82) is 0 Å². The predicted octanol–water partition coefficient (Wildman–Crippen LogP) is 2.35. The summed E-state index contributed by atoms with van der Waals surface area (Å²) in [4.78, 5) is 11.9. The molecule has 100 valence electrons. The third-order valence-corrected chi connectivity index (χ3v) is 2.53. The van der Waals surface area contributed by atoms with Crippen LogP contribution < -0.4 is 5.73 Å². The van der Waals surface area contributed by atoms with Crippen molar-refractivity contribution in [1.82, 2.24) is 0 Å². The van der Waals surface area contributed by atoms with Crippen molar-refractivity contribution in [2.24, 2.45) is 5.73 Å². The van der Waals surface area contributed by atoms with Gasteiger partial charge >= 0.3 is 5.97 Å². The number of ether oxygens (including phenoxy) is 1. The number of esters is 1. The second-order valence-corrected chi connectivity index (χ2v) is 5.51.